The molecule has 0 saturated heterocycles. The monoisotopic (exact) mass is 1200 g/mol. The molecule has 3 unspecified atom stereocenters. The van der Waals surface area contributed by atoms with Crippen molar-refractivity contribution in [3.05, 3.63) is 152 Å². The van der Waals surface area contributed by atoms with E-state index in [1.54, 1.807) is 6.07 Å². The zero-order chi connectivity index (χ0) is 58.3. The van der Waals surface area contributed by atoms with Crippen LogP contribution in [0.5, 0.6) is 11.8 Å². The van der Waals surface area contributed by atoms with Crippen LogP contribution in [0.2, 0.25) is 10.0 Å². The van der Waals surface area contributed by atoms with E-state index in [2.05, 4.69) is 40.0 Å². The average molecular weight is 1200 g/mol. The van der Waals surface area contributed by atoms with E-state index in [0.29, 0.717) is 5.56 Å². The van der Waals surface area contributed by atoms with E-state index in [1.165, 1.54) is 70.0 Å². The van der Waals surface area contributed by atoms with E-state index in [9.17, 15) is 53.6 Å². The smallest absolute Gasteiger partial charge is 0.270 e. The number of ether oxygens (including phenoxy) is 2. The van der Waals surface area contributed by atoms with Gasteiger partial charge in [-0.1, -0.05) is 43.1 Å². The molecule has 81 heavy (non-hydrogen) atoms. The molecule has 0 bridgehead atoms. The van der Waals surface area contributed by atoms with Crippen LogP contribution >= 0.6 is 23.2 Å². The zero-order valence-corrected chi connectivity index (χ0v) is 45.5. The molecule has 422 valence electrons. The first-order valence-corrected chi connectivity index (χ1v) is 27.8. The number of nitrogens with one attached hydrogen (secondary N) is 4. The van der Waals surface area contributed by atoms with Crippen LogP contribution in [0.1, 0.15) is 20.3 Å². The molecule has 1 aliphatic carbocycles. The number of pyridine rings is 2. The first kappa shape index (κ1) is 57.4. The van der Waals surface area contributed by atoms with Crippen LogP contribution in [-0.4, -0.2) is 89.9 Å². The minimum Gasteiger partial charge on any atom is -0.480 e. The molecule has 0 spiro atoms. The van der Waals surface area contributed by atoms with Gasteiger partial charge in [0.25, 0.3) is 37.1 Å². The molecule has 0 radical (unpaired) electrons. The van der Waals surface area contributed by atoms with E-state index in [4.69, 9.17) is 32.7 Å². The molecule has 4 aromatic carbocycles. The Bertz CT molecular complexity index is 4220. The number of carbonyl (C=O) groups is 2. The number of rotatable bonds is 20. The van der Waals surface area contributed by atoms with Crippen LogP contribution in [0.3, 0.4) is 0 Å². The first-order chi connectivity index (χ1) is 38.3. The number of alkyl halides is 2. The van der Waals surface area contributed by atoms with Crippen molar-refractivity contribution in [2.24, 2.45) is 11.8 Å². The van der Waals surface area contributed by atoms with Crippen molar-refractivity contribution in [2.45, 2.75) is 55.1 Å². The van der Waals surface area contributed by atoms with Gasteiger partial charge in [0.2, 0.25) is 23.6 Å². The van der Waals surface area contributed by atoms with Gasteiger partial charge in [0, 0.05) is 43.0 Å². The number of fused-ring (bicyclic) bond motifs is 2. The summed E-state index contributed by atoms with van der Waals surface area (Å²) in [4.78, 5) is 69.5. The number of benzene rings is 4. The molecule has 2 amide bonds. The lowest BCUT2D eigenvalue weighted by Gasteiger charge is -2.17. The van der Waals surface area contributed by atoms with Crippen molar-refractivity contribution in [3.63, 3.8) is 0 Å². The quantitative estimate of drug-likeness (QED) is 0.0424. The fourth-order valence-electron chi connectivity index (χ4n) is 8.36. The number of methoxy groups -OCH3 is 1. The molecule has 8 aromatic rings. The maximum absolute atomic E-state index is 15.6. The predicted octanol–water partition coefficient (Wildman–Crippen LogP) is 7.56. The summed E-state index contributed by atoms with van der Waals surface area (Å²) in [6.07, 6.45) is 4.38. The van der Waals surface area contributed by atoms with Crippen molar-refractivity contribution in [1.82, 2.24) is 39.7 Å². The number of hydrogen-bond donors (Lipinski definition) is 4. The lowest BCUT2D eigenvalue weighted by Crippen LogP contribution is -2.37. The largest absolute Gasteiger partial charge is 0.480 e. The van der Waals surface area contributed by atoms with Gasteiger partial charge in [0.15, 0.2) is 0 Å². The number of hydrogen-bond acceptors (Lipinski definition) is 14. The normalized spacial score (nSPS) is 14.7. The summed E-state index contributed by atoms with van der Waals surface area (Å²) in [6.45, 7) is 2.05. The highest BCUT2D eigenvalue weighted by Crippen LogP contribution is 2.42. The molecule has 4 aromatic heterocycles. The van der Waals surface area contributed by atoms with E-state index >= 15 is 4.39 Å². The molecule has 1 saturated carbocycles. The van der Waals surface area contributed by atoms with Gasteiger partial charge in [0.05, 0.1) is 70.5 Å². The summed E-state index contributed by atoms with van der Waals surface area (Å²) in [7, 11) is -7.79. The Hall–Kier alpha value is -8.27. The molecule has 9 rings (SSSR count). The molecule has 1 fully saturated rings. The van der Waals surface area contributed by atoms with Crippen LogP contribution < -0.4 is 40.7 Å². The Kier molecular flexibility index (Phi) is 16.1. The molecule has 4 N–H and O–H groups in total. The summed E-state index contributed by atoms with van der Waals surface area (Å²) >= 11 is 12.2. The van der Waals surface area contributed by atoms with Gasteiger partial charge in [-0.15, -0.1) is 0 Å². The van der Waals surface area contributed by atoms with Crippen LogP contribution in [0.25, 0.3) is 44.1 Å². The summed E-state index contributed by atoms with van der Waals surface area (Å²) < 4.78 is 142. The van der Waals surface area contributed by atoms with Gasteiger partial charge in [-0.05, 0) is 83.9 Å². The minimum absolute atomic E-state index is 0.0787. The molecule has 4 heterocycles. The number of carbonyl (C=O) groups excluding carboxylic acids is 2. The maximum atomic E-state index is 15.6. The Labute approximate surface area is 466 Å². The van der Waals surface area contributed by atoms with Crippen molar-refractivity contribution >= 4 is 88.2 Å². The number of nitrogens with zero attached hydrogens (tertiary/aromatic N) is 6. The van der Waals surface area contributed by atoms with Crippen LogP contribution in [0.4, 0.5) is 33.3 Å². The van der Waals surface area contributed by atoms with Gasteiger partial charge in [0.1, 0.15) is 50.7 Å². The third-order valence-electron chi connectivity index (χ3n) is 12.7. The Morgan fingerprint density at radius 3 is 1.80 bits per heavy atom. The second-order valence-electron chi connectivity index (χ2n) is 18.7. The number of halogens is 7. The van der Waals surface area contributed by atoms with Crippen molar-refractivity contribution in [1.29, 1.82) is 0 Å². The standard InChI is InChI=1S/C52H43Cl2F5N10O10S2/c1-26(22-69-25-64-45-35(51(69)73)13-29(14-38(45)57)31-16-40(48(78-3)61-21-31)66-80(74,75)42-8-5-32(55)17-36(42)53)46(70)60-10-11-79-49-41(67-81(76,77)43-9-6-33(56)18-37(43)54)15-30(20-62-49)28-4-7-39-34(12-28)50(72)68(24-63-39)23-27(2)47(71)65-44-19-52(44,58)59/h4-9,12-18,20-21,24-27,44,66-67H,10-11,19,22-23H2,1-3H3,(H,60,70)(H,65,71). The fourth-order valence-corrected chi connectivity index (χ4v) is 11.5. The Morgan fingerprint density at radius 2 is 1.22 bits per heavy atom. The highest BCUT2D eigenvalue weighted by atomic mass is 35.5. The van der Waals surface area contributed by atoms with E-state index in [1.807, 2.05) is 0 Å². The molecule has 0 aliphatic heterocycles. The fraction of sp³-hybridized carbons (Fsp3) is 0.231. The van der Waals surface area contributed by atoms with Gasteiger partial charge in [-0.25, -0.2) is 58.7 Å². The van der Waals surface area contributed by atoms with E-state index in [-0.39, 0.29) is 87.9 Å². The van der Waals surface area contributed by atoms with Gasteiger partial charge in [-0.2, -0.15) is 0 Å². The zero-order valence-electron chi connectivity index (χ0n) is 42.3. The Morgan fingerprint density at radius 1 is 0.691 bits per heavy atom. The topological polar surface area (TPSA) is 265 Å². The average Bonchev–Trinajstić information content (AvgIpc) is 4.02. The maximum Gasteiger partial charge on any atom is 0.270 e. The van der Waals surface area contributed by atoms with Crippen LogP contribution in [0.15, 0.2) is 123 Å². The second kappa shape index (κ2) is 22.7. The third kappa shape index (κ3) is 12.5. The first-order valence-electron chi connectivity index (χ1n) is 24.1. The predicted molar refractivity (Wildman–Crippen MR) is 288 cm³/mol. The summed E-state index contributed by atoms with van der Waals surface area (Å²) in [5.41, 5.74) is -0.984. The minimum atomic E-state index is -4.57. The van der Waals surface area contributed by atoms with Crippen LogP contribution in [-0.2, 0) is 42.7 Å². The molecule has 20 nitrogen and oxygen atoms in total. The molecule has 29 heteroatoms. The van der Waals surface area contributed by atoms with Crippen molar-refractivity contribution < 1.29 is 57.9 Å². The number of aromatic nitrogens is 6. The van der Waals surface area contributed by atoms with Crippen molar-refractivity contribution in [3.8, 4) is 34.0 Å². The van der Waals surface area contributed by atoms with E-state index < -0.39 is 110 Å². The highest BCUT2D eigenvalue weighted by molar-refractivity contribution is 7.93. The van der Waals surface area contributed by atoms with E-state index in [0.717, 1.165) is 57.9 Å². The van der Waals surface area contributed by atoms with Crippen molar-refractivity contribution in [2.75, 3.05) is 29.7 Å². The van der Waals surface area contributed by atoms with Crippen LogP contribution in [0, 0.1) is 29.3 Å². The highest BCUT2D eigenvalue weighted by Gasteiger charge is 2.58. The Balaban J connectivity index is 0.899. The summed E-state index contributed by atoms with van der Waals surface area (Å²) in [5, 5.41) is 3.98. The second-order valence-corrected chi connectivity index (χ2v) is 22.8. The number of anilines is 2. The summed E-state index contributed by atoms with van der Waals surface area (Å²) in [6, 6.07) is 13.6. The molecule has 1 aliphatic rings. The number of amides is 2. The molecular weight excluding hydrogens is 1150 g/mol. The summed E-state index contributed by atoms with van der Waals surface area (Å²) in [5.74, 6) is -8.98. The SMILES string of the molecule is COc1ncc(-c2cc(F)c3ncn(CC(C)C(=O)NCCOc4ncc(-c5ccc6ncn(CC(C)C(=O)NC7CC7(F)F)c(=O)c6c5)cc4NS(=O)(=O)c4ccc(F)cc4Cl)c(=O)c3c2)cc1NS(=O)(=O)c1ccc(F)cc1Cl. The lowest BCUT2D eigenvalue weighted by atomic mass is 10.0. The molecule has 3 atom stereocenters. The van der Waals surface area contributed by atoms with Gasteiger partial charge in [-0.3, -0.25) is 37.8 Å². The third-order valence-corrected chi connectivity index (χ3v) is 16.4. The van der Waals surface area contributed by atoms with Gasteiger partial charge >= 0.3 is 0 Å². The number of sulfonamides is 2. The molecular formula is C52H43Cl2F5N10O10S2. The lowest BCUT2D eigenvalue weighted by molar-refractivity contribution is -0.126. The van der Waals surface area contributed by atoms with Gasteiger partial charge < -0.3 is 20.1 Å².